The van der Waals surface area contributed by atoms with Crippen LogP contribution in [0.5, 0.6) is 0 Å². The molecule has 0 amide bonds. The van der Waals surface area contributed by atoms with Gasteiger partial charge in [0.25, 0.3) is 0 Å². The number of benzene rings is 1. The molecule has 0 bridgehead atoms. The molecule has 0 fully saturated rings. The van der Waals surface area contributed by atoms with Gasteiger partial charge in [-0.2, -0.15) is 0 Å². The van der Waals surface area contributed by atoms with Gasteiger partial charge >= 0.3 is 0 Å². The van der Waals surface area contributed by atoms with Crippen LogP contribution >= 0.6 is 30.2 Å². The summed E-state index contributed by atoms with van der Waals surface area (Å²) in [5.41, 5.74) is 0. The maximum absolute atomic E-state index is 2.55. The van der Waals surface area contributed by atoms with E-state index in [1.54, 1.807) is 10.5 Å². The van der Waals surface area contributed by atoms with Gasteiger partial charge in [0.1, 0.15) is 0 Å². The lowest BCUT2D eigenvalue weighted by Crippen LogP contribution is -2.37. The van der Waals surface area contributed by atoms with Crippen molar-refractivity contribution in [1.29, 1.82) is 0 Å². The van der Waals surface area contributed by atoms with Gasteiger partial charge in [-0.15, -0.1) is 22.7 Å². The first kappa shape index (κ1) is 17.1. The summed E-state index contributed by atoms with van der Waals surface area (Å²) in [4.78, 5) is 2.88. The number of hydrogen-bond donors (Lipinski definition) is 0. The van der Waals surface area contributed by atoms with Gasteiger partial charge in [0.15, 0.2) is 0 Å². The molecule has 0 saturated carbocycles. The van der Waals surface area contributed by atoms with Crippen LogP contribution in [0.2, 0.25) is 19.6 Å². The Balaban J connectivity index is 2.10. The Kier molecular flexibility index (Phi) is 4.59. The van der Waals surface area contributed by atoms with Crippen molar-refractivity contribution in [3.05, 3.63) is 71.4 Å². The van der Waals surface area contributed by atoms with Crippen molar-refractivity contribution in [1.82, 2.24) is 0 Å². The minimum absolute atomic E-state index is 0.476. The van der Waals surface area contributed by atoms with Gasteiger partial charge < -0.3 is 0 Å². The fourth-order valence-electron chi connectivity index (χ4n) is 3.19. The molecule has 0 aliphatic carbocycles. The van der Waals surface area contributed by atoms with E-state index in [0.29, 0.717) is 0 Å². The largest absolute Gasteiger partial charge is 0.143 e. The molecule has 25 heavy (non-hydrogen) atoms. The summed E-state index contributed by atoms with van der Waals surface area (Å²) in [6.07, 6.45) is 0. The van der Waals surface area contributed by atoms with Gasteiger partial charge in [-0.05, 0) is 39.5 Å². The van der Waals surface area contributed by atoms with Crippen LogP contribution in [0.25, 0.3) is 25.6 Å². The highest BCUT2D eigenvalue weighted by Gasteiger charge is 2.28. The summed E-state index contributed by atoms with van der Waals surface area (Å²) in [5, 5.41) is 10.7. The zero-order valence-corrected chi connectivity index (χ0v) is 18.2. The fourth-order valence-corrected chi connectivity index (χ4v) is 10.8. The van der Waals surface area contributed by atoms with E-state index in [1.807, 2.05) is 22.7 Å². The van der Waals surface area contributed by atoms with Gasteiger partial charge in [-0.1, -0.05) is 69.6 Å². The van der Waals surface area contributed by atoms with Crippen LogP contribution in [-0.2, 0) is 0 Å². The van der Waals surface area contributed by atoms with Crippen LogP contribution in [0.15, 0.2) is 71.4 Å². The number of rotatable bonds is 4. The third-order valence-electron chi connectivity index (χ3n) is 4.35. The van der Waals surface area contributed by atoms with Gasteiger partial charge in [0.05, 0.1) is 8.07 Å². The molecule has 126 valence electrons. The molecular formula is C21H21PS2Si. The molecule has 0 saturated heterocycles. The Labute approximate surface area is 159 Å². The van der Waals surface area contributed by atoms with Crippen LogP contribution in [-0.4, -0.2) is 8.07 Å². The molecule has 0 spiro atoms. The number of thiophene rings is 2. The molecule has 0 radical (unpaired) electrons. The van der Waals surface area contributed by atoms with Gasteiger partial charge in [-0.3, -0.25) is 0 Å². The van der Waals surface area contributed by atoms with E-state index in [2.05, 4.69) is 91.1 Å². The first-order chi connectivity index (χ1) is 12.1. The quantitative estimate of drug-likeness (QED) is 0.311. The Morgan fingerprint density at radius 2 is 1.40 bits per heavy atom. The molecule has 1 aromatic carbocycles. The average molecular weight is 397 g/mol. The third kappa shape index (κ3) is 3.22. The second-order valence-electron chi connectivity index (χ2n) is 7.17. The topological polar surface area (TPSA) is 0 Å². The first-order valence-electron chi connectivity index (χ1n) is 8.45. The highest BCUT2D eigenvalue weighted by atomic mass is 32.1. The van der Waals surface area contributed by atoms with E-state index in [9.17, 15) is 0 Å². The summed E-state index contributed by atoms with van der Waals surface area (Å²) in [7, 11) is -1.92. The predicted molar refractivity (Wildman–Crippen MR) is 120 cm³/mol. The highest BCUT2D eigenvalue weighted by Crippen LogP contribution is 2.57. The Bertz CT molecular complexity index is 959. The lowest BCUT2D eigenvalue weighted by molar-refractivity contribution is 1.75. The van der Waals surface area contributed by atoms with Crippen LogP contribution in [0.3, 0.4) is 0 Å². The standard InChI is InChI=1S/C21H21PS2Si/c1-25(2,3)20-15-17(18-11-7-13-23-18)22(16-9-5-4-6-10-16)21(20)19-12-8-14-24-19/h4-15H,1-3H3. The predicted octanol–water partition coefficient (Wildman–Crippen LogP) is 7.66. The molecule has 0 aliphatic heterocycles. The van der Waals surface area contributed by atoms with E-state index >= 15 is 0 Å². The van der Waals surface area contributed by atoms with E-state index < -0.39 is 15.6 Å². The molecule has 3 aromatic heterocycles. The smallest absolute Gasteiger partial charge is 0.0789 e. The summed E-state index contributed by atoms with van der Waals surface area (Å²) in [6, 6.07) is 22.6. The maximum atomic E-state index is 2.55. The lowest BCUT2D eigenvalue weighted by atomic mass is 10.3. The van der Waals surface area contributed by atoms with E-state index in [1.165, 1.54) is 20.4 Å². The van der Waals surface area contributed by atoms with Gasteiger partial charge in [-0.25, -0.2) is 0 Å². The van der Waals surface area contributed by atoms with Crippen molar-refractivity contribution in [2.75, 3.05) is 0 Å². The molecule has 0 nitrogen and oxygen atoms in total. The molecule has 1 unspecified atom stereocenters. The van der Waals surface area contributed by atoms with Crippen molar-refractivity contribution in [2.24, 2.45) is 0 Å². The van der Waals surface area contributed by atoms with Crippen molar-refractivity contribution >= 4 is 43.5 Å². The summed E-state index contributed by atoms with van der Waals surface area (Å²) in [6.45, 7) is 7.42. The Morgan fingerprint density at radius 1 is 0.760 bits per heavy atom. The molecule has 1 atom stereocenters. The number of hydrogen-bond acceptors (Lipinski definition) is 2. The van der Waals surface area contributed by atoms with Gasteiger partial charge in [0, 0.05) is 20.3 Å². The lowest BCUT2D eigenvalue weighted by Gasteiger charge is -2.18. The molecule has 4 rings (SSSR count). The molecular weight excluding hydrogens is 375 g/mol. The van der Waals surface area contributed by atoms with Crippen molar-refractivity contribution in [2.45, 2.75) is 19.6 Å². The minimum Gasteiger partial charge on any atom is -0.143 e. The average Bonchev–Trinajstić information content (AvgIpc) is 3.33. The van der Waals surface area contributed by atoms with Crippen LogP contribution < -0.4 is 5.19 Å². The SMILES string of the molecule is C[Si](C)(C)c1cc(-c2cccs2)p(-c2ccccc2)c1-c1cccs1. The van der Waals surface area contributed by atoms with E-state index in [0.717, 1.165) is 0 Å². The minimum atomic E-state index is -1.44. The maximum Gasteiger partial charge on any atom is 0.0789 e. The Hall–Kier alpha value is -1.38. The molecule has 0 N–H and O–H groups in total. The Morgan fingerprint density at radius 3 is 1.96 bits per heavy atom. The van der Waals surface area contributed by atoms with Crippen LogP contribution in [0.4, 0.5) is 0 Å². The fraction of sp³-hybridized carbons (Fsp3) is 0.143. The van der Waals surface area contributed by atoms with Gasteiger partial charge in [0.2, 0.25) is 0 Å². The molecule has 4 heteroatoms. The zero-order valence-electron chi connectivity index (χ0n) is 14.7. The van der Waals surface area contributed by atoms with Crippen molar-refractivity contribution in [3.63, 3.8) is 0 Å². The molecule has 4 aromatic rings. The second kappa shape index (κ2) is 6.73. The van der Waals surface area contributed by atoms with E-state index in [4.69, 9.17) is 0 Å². The monoisotopic (exact) mass is 396 g/mol. The third-order valence-corrected chi connectivity index (χ3v) is 11.3. The van der Waals surface area contributed by atoms with Crippen LogP contribution in [0.1, 0.15) is 0 Å². The van der Waals surface area contributed by atoms with E-state index in [-0.39, 0.29) is 0 Å². The summed E-state index contributed by atoms with van der Waals surface area (Å²) in [5.74, 6) is 0. The van der Waals surface area contributed by atoms with Crippen molar-refractivity contribution in [3.8, 4) is 25.6 Å². The van der Waals surface area contributed by atoms with Crippen LogP contribution in [0, 0.1) is 0 Å². The second-order valence-corrected chi connectivity index (χ2v) is 16.2. The highest BCUT2D eigenvalue weighted by molar-refractivity contribution is 7.64. The first-order valence-corrected chi connectivity index (χ1v) is 15.1. The normalized spacial score (nSPS) is 12.5. The van der Waals surface area contributed by atoms with Crippen molar-refractivity contribution < 1.29 is 0 Å². The zero-order chi connectivity index (χ0) is 17.4. The summed E-state index contributed by atoms with van der Waals surface area (Å²) >= 11 is 3.76. The molecule has 0 aliphatic rings. The molecule has 3 heterocycles. The summed E-state index contributed by atoms with van der Waals surface area (Å²) < 4.78 is 0.